The van der Waals surface area contributed by atoms with Gasteiger partial charge < -0.3 is 10.4 Å². The Morgan fingerprint density at radius 1 is 1.07 bits per heavy atom. The maximum absolute atomic E-state index is 12.3. The number of aromatic nitrogens is 4. The van der Waals surface area contributed by atoms with Crippen molar-refractivity contribution in [2.75, 3.05) is 25.0 Å². The van der Waals surface area contributed by atoms with Gasteiger partial charge in [0.15, 0.2) is 11.5 Å². The highest BCUT2D eigenvalue weighted by Crippen LogP contribution is 2.11. The lowest BCUT2D eigenvalue weighted by atomic mass is 10.2. The molecule has 0 aliphatic heterocycles. The topological polar surface area (TPSA) is 122 Å². The average molecular weight is 390 g/mol. The Labute approximate surface area is 157 Å². The first-order valence-corrected chi connectivity index (χ1v) is 10.1. The summed E-state index contributed by atoms with van der Waals surface area (Å²) in [5, 5.41) is 24.5. The van der Waals surface area contributed by atoms with E-state index in [9.17, 15) is 8.42 Å². The van der Waals surface area contributed by atoms with Crippen LogP contribution in [-0.4, -0.2) is 53.0 Å². The van der Waals surface area contributed by atoms with Crippen LogP contribution in [0.1, 0.15) is 17.8 Å². The van der Waals surface area contributed by atoms with Gasteiger partial charge in [-0.25, -0.2) is 13.1 Å². The molecule has 27 heavy (non-hydrogen) atoms. The number of aliphatic hydroxyl groups is 1. The van der Waals surface area contributed by atoms with Crippen molar-refractivity contribution in [2.45, 2.75) is 24.7 Å². The molecule has 2 heterocycles. The van der Waals surface area contributed by atoms with Crippen molar-refractivity contribution in [3.63, 3.8) is 0 Å². The highest BCUT2D eigenvalue weighted by molar-refractivity contribution is 7.89. The molecular formula is C17H22N6O3S. The minimum Gasteiger partial charge on any atom is -0.396 e. The van der Waals surface area contributed by atoms with Gasteiger partial charge in [-0.3, -0.25) is 0 Å². The van der Waals surface area contributed by atoms with Crippen molar-refractivity contribution in [1.29, 1.82) is 0 Å². The van der Waals surface area contributed by atoms with Crippen molar-refractivity contribution >= 4 is 21.5 Å². The fraction of sp³-hybridized carbons (Fsp3) is 0.353. The molecule has 2 aromatic heterocycles. The summed E-state index contributed by atoms with van der Waals surface area (Å²) >= 11 is 0. The number of sulfonamides is 1. The van der Waals surface area contributed by atoms with Crippen LogP contribution in [-0.2, 0) is 16.4 Å². The third-order valence-electron chi connectivity index (χ3n) is 3.94. The number of hydrogen-bond acceptors (Lipinski definition) is 7. The van der Waals surface area contributed by atoms with Crippen LogP contribution in [0, 0.1) is 6.92 Å². The first kappa shape index (κ1) is 19.2. The van der Waals surface area contributed by atoms with Gasteiger partial charge >= 0.3 is 0 Å². The van der Waals surface area contributed by atoms with Crippen LogP contribution in [0.15, 0.2) is 41.3 Å². The summed E-state index contributed by atoms with van der Waals surface area (Å²) < 4.78 is 28.8. The van der Waals surface area contributed by atoms with E-state index in [0.29, 0.717) is 36.7 Å². The van der Waals surface area contributed by atoms with E-state index in [0.717, 1.165) is 5.56 Å². The second kappa shape index (κ2) is 8.42. The quantitative estimate of drug-likeness (QED) is 0.461. The van der Waals surface area contributed by atoms with Gasteiger partial charge in [-0.2, -0.15) is 4.52 Å². The summed E-state index contributed by atoms with van der Waals surface area (Å²) in [6.07, 6.45) is 0.967. The molecule has 3 N–H and O–H groups in total. The van der Waals surface area contributed by atoms with E-state index in [1.54, 1.807) is 40.9 Å². The fourth-order valence-corrected chi connectivity index (χ4v) is 3.51. The number of anilines is 1. The molecule has 9 nitrogen and oxygen atoms in total. The van der Waals surface area contributed by atoms with E-state index < -0.39 is 10.0 Å². The molecule has 0 fully saturated rings. The van der Waals surface area contributed by atoms with Crippen LogP contribution < -0.4 is 10.0 Å². The average Bonchev–Trinajstić information content (AvgIpc) is 3.05. The number of aryl methyl sites for hydroxylation is 1. The molecule has 0 amide bonds. The number of benzene rings is 1. The third-order valence-corrected chi connectivity index (χ3v) is 5.42. The maximum Gasteiger partial charge on any atom is 0.240 e. The molecule has 0 unspecified atom stereocenters. The monoisotopic (exact) mass is 390 g/mol. The number of nitrogens with zero attached hydrogens (tertiary/aromatic N) is 4. The number of rotatable bonds is 9. The van der Waals surface area contributed by atoms with Crippen molar-refractivity contribution < 1.29 is 13.5 Å². The molecule has 0 aliphatic carbocycles. The van der Waals surface area contributed by atoms with Crippen LogP contribution in [0.4, 0.5) is 5.82 Å². The van der Waals surface area contributed by atoms with Gasteiger partial charge in [-0.1, -0.05) is 17.7 Å². The molecule has 0 saturated carbocycles. The fourth-order valence-electron chi connectivity index (χ4n) is 2.48. The number of aliphatic hydroxyl groups excluding tert-OH is 1. The summed E-state index contributed by atoms with van der Waals surface area (Å²) in [5.74, 6) is 1.19. The second-order valence-electron chi connectivity index (χ2n) is 6.07. The zero-order chi connectivity index (χ0) is 19.3. The van der Waals surface area contributed by atoms with E-state index in [4.69, 9.17) is 5.11 Å². The van der Waals surface area contributed by atoms with Crippen LogP contribution in [0.3, 0.4) is 0 Å². The number of fused-ring (bicyclic) bond motifs is 1. The molecule has 0 spiro atoms. The summed E-state index contributed by atoms with van der Waals surface area (Å²) in [5.41, 5.74) is 1.58. The summed E-state index contributed by atoms with van der Waals surface area (Å²) in [6, 6.07) is 10.2. The van der Waals surface area contributed by atoms with Gasteiger partial charge in [0, 0.05) is 26.1 Å². The molecule has 0 bridgehead atoms. The van der Waals surface area contributed by atoms with Gasteiger partial charge in [0.2, 0.25) is 10.0 Å². The Hall–Kier alpha value is -2.56. The molecule has 0 atom stereocenters. The minimum absolute atomic E-state index is 0.105. The molecule has 0 radical (unpaired) electrons. The molecular weight excluding hydrogens is 368 g/mol. The summed E-state index contributed by atoms with van der Waals surface area (Å²) in [6.45, 7) is 2.79. The molecule has 0 saturated heterocycles. The Bertz CT molecular complexity index is 1000. The van der Waals surface area contributed by atoms with Gasteiger partial charge in [0.05, 0.1) is 4.90 Å². The van der Waals surface area contributed by atoms with E-state index in [-0.39, 0.29) is 18.0 Å². The Balaban J connectivity index is 1.66. The Kier molecular flexibility index (Phi) is 5.99. The van der Waals surface area contributed by atoms with Gasteiger partial charge in [0.1, 0.15) is 5.82 Å². The van der Waals surface area contributed by atoms with Crippen molar-refractivity contribution in [1.82, 2.24) is 24.5 Å². The Morgan fingerprint density at radius 3 is 2.59 bits per heavy atom. The molecule has 10 heteroatoms. The molecule has 1 aromatic carbocycles. The van der Waals surface area contributed by atoms with Crippen LogP contribution in [0.2, 0.25) is 0 Å². The van der Waals surface area contributed by atoms with Crippen molar-refractivity contribution in [3.05, 3.63) is 47.8 Å². The van der Waals surface area contributed by atoms with Crippen LogP contribution in [0.25, 0.3) is 5.65 Å². The Morgan fingerprint density at radius 2 is 1.85 bits per heavy atom. The zero-order valence-corrected chi connectivity index (χ0v) is 15.8. The maximum atomic E-state index is 12.3. The van der Waals surface area contributed by atoms with Crippen LogP contribution in [0.5, 0.6) is 0 Å². The van der Waals surface area contributed by atoms with E-state index >= 15 is 0 Å². The van der Waals surface area contributed by atoms with Gasteiger partial charge in [-0.05, 0) is 37.6 Å². The normalized spacial score (nSPS) is 11.8. The standard InChI is InChI=1S/C17H22N6O3S/c1-13-3-5-14(6-4-13)27(25,26)19-11-9-17-21-20-16-8-7-15(22-23(16)17)18-10-2-12-24/h3-8,19,24H,2,9-12H2,1H3,(H,18,22). The molecule has 3 rings (SSSR count). The number of hydrogen-bond donors (Lipinski definition) is 3. The number of nitrogens with one attached hydrogen (secondary N) is 2. The predicted octanol–water partition coefficient (Wildman–Crippen LogP) is 0.748. The van der Waals surface area contributed by atoms with E-state index in [2.05, 4.69) is 25.3 Å². The predicted molar refractivity (Wildman–Crippen MR) is 101 cm³/mol. The highest BCUT2D eigenvalue weighted by atomic mass is 32.2. The van der Waals surface area contributed by atoms with Gasteiger partial charge in [-0.15, -0.1) is 15.3 Å². The van der Waals surface area contributed by atoms with E-state index in [1.807, 2.05) is 6.92 Å². The first-order valence-electron chi connectivity index (χ1n) is 8.62. The first-order chi connectivity index (χ1) is 13.0. The third kappa shape index (κ3) is 4.79. The largest absolute Gasteiger partial charge is 0.396 e. The van der Waals surface area contributed by atoms with Crippen molar-refractivity contribution in [3.8, 4) is 0 Å². The van der Waals surface area contributed by atoms with E-state index in [1.165, 1.54) is 0 Å². The minimum atomic E-state index is -3.57. The summed E-state index contributed by atoms with van der Waals surface area (Å²) in [4.78, 5) is 0.229. The summed E-state index contributed by atoms with van der Waals surface area (Å²) in [7, 11) is -3.57. The van der Waals surface area contributed by atoms with Gasteiger partial charge in [0.25, 0.3) is 0 Å². The SMILES string of the molecule is Cc1ccc(S(=O)(=O)NCCc2nnc3ccc(NCCCO)nn23)cc1. The lowest BCUT2D eigenvalue weighted by molar-refractivity contribution is 0.292. The lowest BCUT2D eigenvalue weighted by Gasteiger charge is -2.07. The molecule has 0 aliphatic rings. The highest BCUT2D eigenvalue weighted by Gasteiger charge is 2.14. The smallest absolute Gasteiger partial charge is 0.240 e. The molecule has 3 aromatic rings. The van der Waals surface area contributed by atoms with Crippen LogP contribution >= 0.6 is 0 Å². The second-order valence-corrected chi connectivity index (χ2v) is 7.84. The molecule has 144 valence electrons. The lowest BCUT2D eigenvalue weighted by Crippen LogP contribution is -2.26. The zero-order valence-electron chi connectivity index (χ0n) is 15.0. The van der Waals surface area contributed by atoms with Crippen molar-refractivity contribution in [2.24, 2.45) is 0 Å².